The molecule has 3 nitrogen and oxygen atoms in total. The van der Waals surface area contributed by atoms with Crippen LogP contribution in [0.1, 0.15) is 12.6 Å². The molecule has 0 aliphatic heterocycles. The van der Waals surface area contributed by atoms with Crippen LogP contribution in [0, 0.1) is 11.3 Å². The van der Waals surface area contributed by atoms with Crippen LogP contribution in [0.5, 0.6) is 5.75 Å². The topological polar surface area (TPSA) is 45.9 Å². The third-order valence-corrected chi connectivity index (χ3v) is 4.17. The minimum atomic E-state index is 0.322. The van der Waals surface area contributed by atoms with Gasteiger partial charge in [0.25, 0.3) is 0 Å². The number of benzene rings is 1. The molecule has 0 atom stereocenters. The molecule has 1 aromatic heterocycles. The van der Waals surface area contributed by atoms with Gasteiger partial charge in [0, 0.05) is 5.56 Å². The number of halogens is 1. The van der Waals surface area contributed by atoms with E-state index in [9.17, 15) is 0 Å². The van der Waals surface area contributed by atoms with Crippen molar-refractivity contribution >= 4 is 27.3 Å². The van der Waals surface area contributed by atoms with Crippen LogP contribution >= 0.6 is 27.3 Å². The summed E-state index contributed by atoms with van der Waals surface area (Å²) in [5.74, 6) is 0.836. The molecule has 0 N–H and O–H groups in total. The zero-order valence-corrected chi connectivity index (χ0v) is 12.2. The fourth-order valence-electron chi connectivity index (χ4n) is 1.53. The van der Waals surface area contributed by atoms with E-state index in [1.165, 1.54) is 11.3 Å². The van der Waals surface area contributed by atoms with Gasteiger partial charge in [0.2, 0.25) is 0 Å². The Bertz CT molecular complexity index is 589. The summed E-state index contributed by atoms with van der Waals surface area (Å²) in [7, 11) is 0. The van der Waals surface area contributed by atoms with Gasteiger partial charge in [-0.25, -0.2) is 4.98 Å². The quantitative estimate of drug-likeness (QED) is 0.853. The fourth-order valence-corrected chi connectivity index (χ4v) is 3.02. The minimum Gasteiger partial charge on any atom is -0.494 e. The second-order valence-corrected chi connectivity index (χ2v) is 5.85. The third kappa shape index (κ3) is 2.89. The van der Waals surface area contributed by atoms with Crippen LogP contribution in [0.4, 0.5) is 0 Å². The van der Waals surface area contributed by atoms with Crippen molar-refractivity contribution in [3.63, 3.8) is 0 Å². The maximum atomic E-state index is 8.71. The van der Waals surface area contributed by atoms with Crippen LogP contribution in [0.25, 0.3) is 10.6 Å². The Morgan fingerprint density at radius 2 is 2.33 bits per heavy atom. The number of nitrogens with zero attached hydrogens (tertiary/aromatic N) is 2. The van der Waals surface area contributed by atoms with Gasteiger partial charge in [-0.15, -0.1) is 11.3 Å². The SMILES string of the molecule is CCOc1cccc(-c2nc(CC#N)c(Br)s2)c1. The standard InChI is InChI=1S/C13H11BrN2OS/c1-2-17-10-5-3-4-9(8-10)13-16-11(6-7-15)12(14)18-13/h3-5,8H,2,6H2,1H3. The Hall–Kier alpha value is -1.38. The number of ether oxygens (including phenoxy) is 1. The van der Waals surface area contributed by atoms with E-state index in [0.717, 1.165) is 25.8 Å². The first kappa shape index (κ1) is 13.1. The number of thiazole rings is 1. The lowest BCUT2D eigenvalue weighted by molar-refractivity contribution is 0.340. The van der Waals surface area contributed by atoms with E-state index in [-0.39, 0.29) is 0 Å². The summed E-state index contributed by atoms with van der Waals surface area (Å²) in [5.41, 5.74) is 1.80. The fraction of sp³-hybridized carbons (Fsp3) is 0.231. The van der Waals surface area contributed by atoms with Crippen LogP contribution in [-0.2, 0) is 6.42 Å². The van der Waals surface area contributed by atoms with Crippen LogP contribution in [0.3, 0.4) is 0 Å². The molecular formula is C13H11BrN2OS. The van der Waals surface area contributed by atoms with E-state index in [0.29, 0.717) is 13.0 Å². The Labute approximate surface area is 118 Å². The van der Waals surface area contributed by atoms with E-state index in [1.807, 2.05) is 31.2 Å². The molecule has 0 saturated heterocycles. The van der Waals surface area contributed by atoms with Gasteiger partial charge in [-0.3, -0.25) is 0 Å². The molecule has 2 aromatic rings. The van der Waals surface area contributed by atoms with E-state index in [1.54, 1.807) is 0 Å². The predicted octanol–water partition coefficient (Wildman–Crippen LogP) is 4.04. The van der Waals surface area contributed by atoms with Gasteiger partial charge in [0.1, 0.15) is 10.8 Å². The molecule has 1 aromatic carbocycles. The molecule has 0 radical (unpaired) electrons. The Kier molecular flexibility index (Phi) is 4.34. The van der Waals surface area contributed by atoms with Gasteiger partial charge in [0.15, 0.2) is 0 Å². The highest BCUT2D eigenvalue weighted by molar-refractivity contribution is 9.11. The van der Waals surface area contributed by atoms with Crippen LogP contribution in [-0.4, -0.2) is 11.6 Å². The lowest BCUT2D eigenvalue weighted by Gasteiger charge is -2.03. The van der Waals surface area contributed by atoms with Gasteiger partial charge in [-0.2, -0.15) is 5.26 Å². The molecule has 0 amide bonds. The second kappa shape index (κ2) is 5.98. The maximum Gasteiger partial charge on any atom is 0.124 e. The summed E-state index contributed by atoms with van der Waals surface area (Å²) in [6.07, 6.45) is 0.322. The van der Waals surface area contributed by atoms with Crippen molar-refractivity contribution in [2.45, 2.75) is 13.3 Å². The molecule has 0 fully saturated rings. The Balaban J connectivity index is 2.33. The molecule has 92 valence electrons. The first-order valence-corrected chi connectivity index (χ1v) is 7.11. The molecule has 1 heterocycles. The summed E-state index contributed by atoms with van der Waals surface area (Å²) < 4.78 is 6.38. The minimum absolute atomic E-state index is 0.322. The molecule has 0 spiro atoms. The Morgan fingerprint density at radius 1 is 1.50 bits per heavy atom. The maximum absolute atomic E-state index is 8.71. The molecule has 0 aliphatic carbocycles. The largest absolute Gasteiger partial charge is 0.494 e. The van der Waals surface area contributed by atoms with E-state index >= 15 is 0 Å². The Morgan fingerprint density at radius 3 is 3.06 bits per heavy atom. The zero-order valence-electron chi connectivity index (χ0n) is 9.81. The summed E-state index contributed by atoms with van der Waals surface area (Å²) in [4.78, 5) is 4.46. The van der Waals surface area contributed by atoms with Crippen molar-refractivity contribution in [1.82, 2.24) is 4.98 Å². The number of hydrogen-bond acceptors (Lipinski definition) is 4. The van der Waals surface area contributed by atoms with Crippen molar-refractivity contribution in [3.8, 4) is 22.4 Å². The monoisotopic (exact) mass is 322 g/mol. The lowest BCUT2D eigenvalue weighted by atomic mass is 10.2. The molecule has 18 heavy (non-hydrogen) atoms. The van der Waals surface area contributed by atoms with Crippen molar-refractivity contribution in [1.29, 1.82) is 5.26 Å². The smallest absolute Gasteiger partial charge is 0.124 e. The van der Waals surface area contributed by atoms with Gasteiger partial charge in [-0.05, 0) is 35.0 Å². The lowest BCUT2D eigenvalue weighted by Crippen LogP contribution is -1.91. The molecule has 5 heteroatoms. The first-order chi connectivity index (χ1) is 8.74. The summed E-state index contributed by atoms with van der Waals surface area (Å²) >= 11 is 4.97. The summed E-state index contributed by atoms with van der Waals surface area (Å²) in [6.45, 7) is 2.60. The van der Waals surface area contributed by atoms with Crippen LogP contribution in [0.15, 0.2) is 28.1 Å². The zero-order chi connectivity index (χ0) is 13.0. The molecule has 0 bridgehead atoms. The second-order valence-electron chi connectivity index (χ2n) is 3.54. The van der Waals surface area contributed by atoms with Crippen molar-refractivity contribution in [2.75, 3.05) is 6.61 Å². The molecular weight excluding hydrogens is 312 g/mol. The first-order valence-electron chi connectivity index (χ1n) is 5.50. The average molecular weight is 323 g/mol. The molecule has 0 aliphatic rings. The predicted molar refractivity (Wildman–Crippen MR) is 75.7 cm³/mol. The van der Waals surface area contributed by atoms with Gasteiger partial charge in [0.05, 0.1) is 28.6 Å². The van der Waals surface area contributed by atoms with Crippen LogP contribution in [0.2, 0.25) is 0 Å². The van der Waals surface area contributed by atoms with Crippen LogP contribution < -0.4 is 4.74 Å². The number of aromatic nitrogens is 1. The van der Waals surface area contributed by atoms with Gasteiger partial charge >= 0.3 is 0 Å². The highest BCUT2D eigenvalue weighted by Crippen LogP contribution is 2.33. The van der Waals surface area contributed by atoms with Crippen molar-refractivity contribution in [3.05, 3.63) is 33.7 Å². The number of rotatable bonds is 4. The average Bonchev–Trinajstić information content (AvgIpc) is 2.73. The molecule has 2 rings (SSSR count). The van der Waals surface area contributed by atoms with E-state index in [2.05, 4.69) is 27.0 Å². The number of hydrogen-bond donors (Lipinski definition) is 0. The van der Waals surface area contributed by atoms with E-state index < -0.39 is 0 Å². The van der Waals surface area contributed by atoms with Crippen molar-refractivity contribution in [2.24, 2.45) is 0 Å². The highest BCUT2D eigenvalue weighted by Gasteiger charge is 2.10. The van der Waals surface area contributed by atoms with Gasteiger partial charge < -0.3 is 4.74 Å². The third-order valence-electron chi connectivity index (χ3n) is 2.29. The number of nitriles is 1. The summed E-state index contributed by atoms with van der Waals surface area (Å²) in [6, 6.07) is 9.93. The highest BCUT2D eigenvalue weighted by atomic mass is 79.9. The molecule has 0 saturated carbocycles. The van der Waals surface area contributed by atoms with Crippen molar-refractivity contribution < 1.29 is 4.74 Å². The van der Waals surface area contributed by atoms with E-state index in [4.69, 9.17) is 10.00 Å². The van der Waals surface area contributed by atoms with Gasteiger partial charge in [-0.1, -0.05) is 12.1 Å². The summed E-state index contributed by atoms with van der Waals surface area (Å²) in [5, 5.41) is 9.61. The normalized spacial score (nSPS) is 10.1. The molecule has 0 unspecified atom stereocenters.